The number of hydrogen-bond acceptors (Lipinski definition) is 2. The highest BCUT2D eigenvalue weighted by Crippen LogP contribution is 2.53. The van der Waals surface area contributed by atoms with Crippen molar-refractivity contribution >= 4 is 13.9 Å². The summed E-state index contributed by atoms with van der Waals surface area (Å²) in [6, 6.07) is 32.8. The SMILES string of the molecule is CCC(CC)(Pc1c(C)cccc1CNCc1ccccc1)c1cc(C)cc(C(C)(C)C)c1OCc1ccccc1. The predicted molar refractivity (Wildman–Crippen MR) is 179 cm³/mol. The molecule has 0 aliphatic carbocycles. The van der Waals surface area contributed by atoms with E-state index in [0.29, 0.717) is 15.2 Å². The van der Waals surface area contributed by atoms with Crippen LogP contribution in [0.25, 0.3) is 0 Å². The Labute approximate surface area is 250 Å². The number of aryl methyl sites for hydroxylation is 2. The van der Waals surface area contributed by atoms with Gasteiger partial charge in [-0.15, -0.1) is 0 Å². The lowest BCUT2D eigenvalue weighted by atomic mass is 9.80. The molecule has 1 atom stereocenters. The topological polar surface area (TPSA) is 21.3 Å². The first-order chi connectivity index (χ1) is 19.7. The number of rotatable bonds is 12. The highest BCUT2D eigenvalue weighted by molar-refractivity contribution is 7.48. The number of nitrogens with one attached hydrogen (secondary N) is 1. The second-order valence-corrected chi connectivity index (χ2v) is 14.0. The highest BCUT2D eigenvalue weighted by Gasteiger charge is 2.36. The quantitative estimate of drug-likeness (QED) is 0.173. The lowest BCUT2D eigenvalue weighted by Gasteiger charge is -2.37. The van der Waals surface area contributed by atoms with E-state index in [9.17, 15) is 0 Å². The molecule has 0 fully saturated rings. The van der Waals surface area contributed by atoms with Gasteiger partial charge in [0, 0.05) is 29.4 Å². The number of hydrogen-bond donors (Lipinski definition) is 1. The molecule has 0 spiro atoms. The molecule has 4 rings (SSSR count). The fourth-order valence-electron chi connectivity index (χ4n) is 5.68. The molecule has 0 bridgehead atoms. The van der Waals surface area contributed by atoms with Gasteiger partial charge in [-0.25, -0.2) is 0 Å². The molecule has 0 heterocycles. The summed E-state index contributed by atoms with van der Waals surface area (Å²) in [5, 5.41) is 5.19. The van der Waals surface area contributed by atoms with E-state index >= 15 is 0 Å². The molecule has 0 amide bonds. The van der Waals surface area contributed by atoms with Crippen molar-refractivity contribution in [1.82, 2.24) is 5.32 Å². The van der Waals surface area contributed by atoms with Gasteiger partial charge >= 0.3 is 0 Å². The zero-order chi connectivity index (χ0) is 29.5. The molecule has 3 heteroatoms. The number of ether oxygens (including phenoxy) is 1. The molecule has 41 heavy (non-hydrogen) atoms. The molecule has 2 nitrogen and oxygen atoms in total. The minimum absolute atomic E-state index is 0.0155. The third-order valence-corrected chi connectivity index (χ3v) is 10.6. The summed E-state index contributed by atoms with van der Waals surface area (Å²) in [6.45, 7) is 18.5. The summed E-state index contributed by atoms with van der Waals surface area (Å²) >= 11 is 0. The molecule has 4 aromatic carbocycles. The van der Waals surface area contributed by atoms with Gasteiger partial charge in [0.05, 0.1) is 0 Å². The Kier molecular flexibility index (Phi) is 10.5. The Morgan fingerprint density at radius 3 is 1.93 bits per heavy atom. The Bertz CT molecular complexity index is 1400. The largest absolute Gasteiger partial charge is 0.488 e. The van der Waals surface area contributed by atoms with Crippen LogP contribution < -0.4 is 15.4 Å². The average Bonchev–Trinajstić information content (AvgIpc) is 2.97. The van der Waals surface area contributed by atoms with Crippen LogP contribution >= 0.6 is 8.58 Å². The Morgan fingerprint density at radius 2 is 1.32 bits per heavy atom. The van der Waals surface area contributed by atoms with Gasteiger partial charge in [-0.2, -0.15) is 0 Å². The second-order valence-electron chi connectivity index (χ2n) is 12.3. The summed E-state index contributed by atoms with van der Waals surface area (Å²) in [6.07, 6.45) is 2.11. The van der Waals surface area contributed by atoms with Crippen molar-refractivity contribution < 1.29 is 4.74 Å². The normalized spacial score (nSPS) is 12.3. The molecule has 1 unspecified atom stereocenters. The molecular formula is C38H48NOP. The maximum absolute atomic E-state index is 6.85. The van der Waals surface area contributed by atoms with Gasteiger partial charge in [0.25, 0.3) is 0 Å². The molecule has 1 N–H and O–H groups in total. The van der Waals surface area contributed by atoms with E-state index in [1.54, 1.807) is 0 Å². The highest BCUT2D eigenvalue weighted by atomic mass is 31.1. The van der Waals surface area contributed by atoms with Crippen LogP contribution in [0.15, 0.2) is 91.0 Å². The van der Waals surface area contributed by atoms with Crippen molar-refractivity contribution in [2.45, 2.75) is 91.6 Å². The molecule has 0 aliphatic heterocycles. The fraction of sp³-hybridized carbons (Fsp3) is 0.368. The molecule has 0 aromatic heterocycles. The van der Waals surface area contributed by atoms with Gasteiger partial charge < -0.3 is 10.1 Å². The van der Waals surface area contributed by atoms with Gasteiger partial charge in [-0.05, 0) is 59.7 Å². The monoisotopic (exact) mass is 565 g/mol. The lowest BCUT2D eigenvalue weighted by molar-refractivity contribution is 0.289. The van der Waals surface area contributed by atoms with E-state index in [-0.39, 0.29) is 10.6 Å². The molecule has 0 saturated heterocycles. The molecule has 0 radical (unpaired) electrons. The standard InChI is InChI=1S/C38H48NOP/c1-8-38(9-2,41-36-29(4)17-16-22-32(36)26-39-25-30-18-12-10-13-19-30)34-24-28(3)23-33(37(5,6)7)35(34)40-27-31-20-14-11-15-21-31/h10-24,39,41H,8-9,25-27H2,1-7H3. The van der Waals surface area contributed by atoms with Crippen molar-refractivity contribution in [3.05, 3.63) is 130 Å². The van der Waals surface area contributed by atoms with Gasteiger partial charge in [0.1, 0.15) is 12.4 Å². The fourth-order valence-corrected chi connectivity index (χ4v) is 7.44. The maximum Gasteiger partial charge on any atom is 0.127 e. The van der Waals surface area contributed by atoms with E-state index in [1.165, 1.54) is 44.2 Å². The minimum Gasteiger partial charge on any atom is -0.488 e. The summed E-state index contributed by atoms with van der Waals surface area (Å²) in [4.78, 5) is 0. The second kappa shape index (κ2) is 13.8. The van der Waals surface area contributed by atoms with Gasteiger partial charge in [-0.3, -0.25) is 0 Å². The Hall–Kier alpha value is -2.93. The van der Waals surface area contributed by atoms with Crippen molar-refractivity contribution in [1.29, 1.82) is 0 Å². The molecule has 216 valence electrons. The maximum atomic E-state index is 6.85. The smallest absolute Gasteiger partial charge is 0.127 e. The summed E-state index contributed by atoms with van der Waals surface area (Å²) in [5.74, 6) is 1.08. The van der Waals surface area contributed by atoms with E-state index in [4.69, 9.17) is 4.74 Å². The average molecular weight is 566 g/mol. The number of benzene rings is 4. The molecular weight excluding hydrogens is 517 g/mol. The Balaban J connectivity index is 1.74. The van der Waals surface area contributed by atoms with Crippen LogP contribution in [0.4, 0.5) is 0 Å². The van der Waals surface area contributed by atoms with Crippen LogP contribution in [0.3, 0.4) is 0 Å². The summed E-state index contributed by atoms with van der Waals surface area (Å²) < 4.78 is 6.85. The Morgan fingerprint density at radius 1 is 0.707 bits per heavy atom. The van der Waals surface area contributed by atoms with Crippen LogP contribution in [0.5, 0.6) is 5.75 Å². The van der Waals surface area contributed by atoms with Crippen LogP contribution in [0, 0.1) is 13.8 Å². The van der Waals surface area contributed by atoms with E-state index in [0.717, 1.165) is 31.7 Å². The molecule has 0 aliphatic rings. The zero-order valence-corrected chi connectivity index (χ0v) is 27.1. The van der Waals surface area contributed by atoms with Gasteiger partial charge in [-0.1, -0.05) is 140 Å². The lowest BCUT2D eigenvalue weighted by Crippen LogP contribution is -2.28. The molecule has 4 aromatic rings. The van der Waals surface area contributed by atoms with E-state index < -0.39 is 0 Å². The minimum atomic E-state index is -0.0295. The van der Waals surface area contributed by atoms with Crippen LogP contribution in [0.2, 0.25) is 0 Å². The van der Waals surface area contributed by atoms with E-state index in [2.05, 4.69) is 145 Å². The van der Waals surface area contributed by atoms with Gasteiger partial charge in [0.2, 0.25) is 0 Å². The summed E-state index contributed by atoms with van der Waals surface area (Å²) in [5.41, 5.74) is 9.24. The third kappa shape index (κ3) is 7.68. The van der Waals surface area contributed by atoms with Crippen LogP contribution in [-0.2, 0) is 30.3 Å². The van der Waals surface area contributed by atoms with Crippen molar-refractivity contribution in [3.8, 4) is 5.75 Å². The summed E-state index contributed by atoms with van der Waals surface area (Å²) in [7, 11) is 0.642. The molecule has 0 saturated carbocycles. The van der Waals surface area contributed by atoms with E-state index in [1.807, 2.05) is 0 Å². The van der Waals surface area contributed by atoms with Crippen molar-refractivity contribution in [2.75, 3.05) is 0 Å². The zero-order valence-electron chi connectivity index (χ0n) is 26.1. The van der Waals surface area contributed by atoms with Gasteiger partial charge in [0.15, 0.2) is 0 Å². The van der Waals surface area contributed by atoms with Crippen molar-refractivity contribution in [3.63, 3.8) is 0 Å². The van der Waals surface area contributed by atoms with Crippen LogP contribution in [0.1, 0.15) is 86.4 Å². The predicted octanol–water partition coefficient (Wildman–Crippen LogP) is 9.49. The first kappa shape index (κ1) is 31.0. The van der Waals surface area contributed by atoms with Crippen LogP contribution in [-0.4, -0.2) is 0 Å². The van der Waals surface area contributed by atoms with Crippen molar-refractivity contribution in [2.24, 2.45) is 0 Å². The first-order valence-corrected chi connectivity index (χ1v) is 16.1. The first-order valence-electron chi connectivity index (χ1n) is 15.1. The third-order valence-electron chi connectivity index (χ3n) is 8.20.